The summed E-state index contributed by atoms with van der Waals surface area (Å²) in [5.41, 5.74) is -1.07. The Labute approximate surface area is 181 Å². The van der Waals surface area contributed by atoms with Crippen molar-refractivity contribution >= 4 is 45.1 Å². The summed E-state index contributed by atoms with van der Waals surface area (Å²) in [5, 5.41) is 3.99. The fourth-order valence-electron chi connectivity index (χ4n) is 3.02. The molecule has 4 rings (SSSR count). The molecule has 1 aromatic carbocycles. The van der Waals surface area contributed by atoms with E-state index in [1.807, 2.05) is 0 Å². The van der Waals surface area contributed by atoms with Crippen LogP contribution in [-0.2, 0) is 25.4 Å². The number of aryl methyl sites for hydroxylation is 1. The van der Waals surface area contributed by atoms with E-state index in [1.165, 1.54) is 24.0 Å². The highest BCUT2D eigenvalue weighted by Crippen LogP contribution is 2.27. The summed E-state index contributed by atoms with van der Waals surface area (Å²) >= 11 is 7.11. The van der Waals surface area contributed by atoms with Crippen LogP contribution < -0.4 is 16.6 Å². The molecule has 3 aromatic heterocycles. The number of amides is 1. The lowest BCUT2D eigenvalue weighted by atomic mass is 10.1. The summed E-state index contributed by atoms with van der Waals surface area (Å²) in [5.74, 6) is -1.85. The number of halogens is 3. The summed E-state index contributed by atoms with van der Waals surface area (Å²) in [4.78, 5) is 45.2. The van der Waals surface area contributed by atoms with Gasteiger partial charge in [0.15, 0.2) is 16.3 Å². The highest BCUT2D eigenvalue weighted by atomic mass is 35.5. The molecule has 0 aliphatic heterocycles. The Balaban J connectivity index is 1.62. The van der Waals surface area contributed by atoms with Gasteiger partial charge in [0.05, 0.1) is 5.69 Å². The van der Waals surface area contributed by atoms with Crippen molar-refractivity contribution in [2.24, 2.45) is 14.1 Å². The van der Waals surface area contributed by atoms with Crippen molar-refractivity contribution in [3.63, 3.8) is 0 Å². The number of fused-ring (bicyclic) bond motifs is 1. The largest absolute Gasteiger partial charge is 0.332 e. The Morgan fingerprint density at radius 3 is 2.68 bits per heavy atom. The Kier molecular flexibility index (Phi) is 5.19. The molecular formula is C18H13ClF2N6O3S. The monoisotopic (exact) mass is 466 g/mol. The van der Waals surface area contributed by atoms with E-state index in [9.17, 15) is 23.2 Å². The molecule has 13 heteroatoms. The van der Waals surface area contributed by atoms with Crippen LogP contribution in [0.5, 0.6) is 0 Å². The fourth-order valence-corrected chi connectivity index (χ4v) is 3.97. The third-order valence-electron chi connectivity index (χ3n) is 4.56. The molecule has 0 aliphatic carbocycles. The van der Waals surface area contributed by atoms with Crippen molar-refractivity contribution in [3.8, 4) is 11.3 Å². The molecule has 3 heterocycles. The topological polar surface area (TPSA) is 104 Å². The lowest BCUT2D eigenvalue weighted by Crippen LogP contribution is -2.37. The lowest BCUT2D eigenvalue weighted by molar-refractivity contribution is -0.116. The van der Waals surface area contributed by atoms with Crippen molar-refractivity contribution in [1.29, 1.82) is 0 Å². The van der Waals surface area contributed by atoms with Crippen molar-refractivity contribution in [2.45, 2.75) is 6.54 Å². The zero-order chi connectivity index (χ0) is 22.4. The third kappa shape index (κ3) is 3.64. The smallest absolute Gasteiger partial charge is 0.300 e. The van der Waals surface area contributed by atoms with Gasteiger partial charge in [0.25, 0.3) is 5.56 Å². The van der Waals surface area contributed by atoms with E-state index in [0.717, 1.165) is 38.7 Å². The van der Waals surface area contributed by atoms with Gasteiger partial charge in [0, 0.05) is 25.0 Å². The number of nitrogens with one attached hydrogen (secondary N) is 1. The Morgan fingerprint density at radius 1 is 1.19 bits per heavy atom. The van der Waals surface area contributed by atoms with Crippen LogP contribution in [0.1, 0.15) is 0 Å². The fraction of sp³-hybridized carbons (Fsp3) is 0.167. The van der Waals surface area contributed by atoms with Gasteiger partial charge in [-0.05, 0) is 29.8 Å². The number of rotatable bonds is 4. The van der Waals surface area contributed by atoms with Crippen molar-refractivity contribution in [2.75, 3.05) is 5.32 Å². The van der Waals surface area contributed by atoms with Crippen LogP contribution in [0.4, 0.5) is 13.9 Å². The second-order valence-corrected chi connectivity index (χ2v) is 7.75. The van der Waals surface area contributed by atoms with Crippen molar-refractivity contribution in [1.82, 2.24) is 23.7 Å². The molecule has 0 aliphatic rings. The van der Waals surface area contributed by atoms with Gasteiger partial charge in [-0.1, -0.05) is 0 Å². The standard InChI is InChI=1S/C18H13ClF2N6O3S/c1-25-14-13(15(29)26(2)18(25)30)27(16(19)24-14)6-12(28)23-17-22-11(7-31-17)9-5-8(20)3-4-10(9)21/h3-5,7H,6H2,1-2H3,(H,22,23,28). The predicted molar refractivity (Wildman–Crippen MR) is 111 cm³/mol. The lowest BCUT2D eigenvalue weighted by Gasteiger charge is -2.07. The second kappa shape index (κ2) is 7.71. The van der Waals surface area contributed by atoms with Gasteiger partial charge >= 0.3 is 5.69 Å². The highest BCUT2D eigenvalue weighted by molar-refractivity contribution is 7.14. The SMILES string of the molecule is Cn1c(=O)c2c(nc(Cl)n2CC(=O)Nc2nc(-c3cc(F)ccc3F)cs2)n(C)c1=O. The van der Waals surface area contributed by atoms with Crippen LogP contribution in [0, 0.1) is 11.6 Å². The average Bonchev–Trinajstić information content (AvgIpc) is 3.31. The van der Waals surface area contributed by atoms with Crippen LogP contribution in [0.15, 0.2) is 33.2 Å². The first-order chi connectivity index (χ1) is 14.7. The number of thiazole rings is 1. The molecule has 31 heavy (non-hydrogen) atoms. The molecule has 0 bridgehead atoms. The van der Waals surface area contributed by atoms with E-state index in [-0.39, 0.29) is 39.4 Å². The number of anilines is 1. The first kappa shape index (κ1) is 20.9. The number of benzene rings is 1. The summed E-state index contributed by atoms with van der Waals surface area (Å²) in [6.45, 7) is -0.383. The Hall–Kier alpha value is -3.38. The second-order valence-electron chi connectivity index (χ2n) is 6.56. The molecule has 0 fully saturated rings. The van der Waals surface area contributed by atoms with Gasteiger partial charge in [0.1, 0.15) is 18.2 Å². The molecule has 9 nitrogen and oxygen atoms in total. The molecule has 0 saturated carbocycles. The zero-order valence-corrected chi connectivity index (χ0v) is 17.6. The van der Waals surface area contributed by atoms with Crippen LogP contribution in [-0.4, -0.2) is 29.6 Å². The molecule has 1 amide bonds. The molecule has 0 radical (unpaired) electrons. The van der Waals surface area contributed by atoms with E-state index in [4.69, 9.17) is 11.6 Å². The number of imidazole rings is 1. The van der Waals surface area contributed by atoms with Crippen LogP contribution >= 0.6 is 22.9 Å². The molecule has 160 valence electrons. The Morgan fingerprint density at radius 2 is 1.94 bits per heavy atom. The molecule has 1 N–H and O–H groups in total. The number of carbonyl (C=O) groups excluding carboxylic acids is 1. The first-order valence-corrected chi connectivity index (χ1v) is 9.95. The van der Waals surface area contributed by atoms with E-state index in [2.05, 4.69) is 15.3 Å². The number of hydrogen-bond donors (Lipinski definition) is 1. The maximum atomic E-state index is 13.9. The molecule has 0 unspecified atom stereocenters. The van der Waals surface area contributed by atoms with E-state index in [1.54, 1.807) is 0 Å². The molecule has 0 atom stereocenters. The normalized spacial score (nSPS) is 11.3. The minimum atomic E-state index is -0.650. The molecule has 4 aromatic rings. The van der Waals surface area contributed by atoms with Crippen molar-refractivity contribution < 1.29 is 13.6 Å². The maximum absolute atomic E-state index is 13.9. The molecule has 0 saturated heterocycles. The average molecular weight is 467 g/mol. The maximum Gasteiger partial charge on any atom is 0.332 e. The quantitative estimate of drug-likeness (QED) is 0.464. The Bertz CT molecular complexity index is 1470. The van der Waals surface area contributed by atoms with E-state index >= 15 is 0 Å². The number of aromatic nitrogens is 5. The summed E-state index contributed by atoms with van der Waals surface area (Å²) in [6, 6.07) is 2.99. The minimum Gasteiger partial charge on any atom is -0.300 e. The number of hydrogen-bond acceptors (Lipinski definition) is 6. The van der Waals surface area contributed by atoms with Crippen LogP contribution in [0.25, 0.3) is 22.4 Å². The van der Waals surface area contributed by atoms with Gasteiger partial charge in [-0.2, -0.15) is 4.98 Å². The van der Waals surface area contributed by atoms with Gasteiger partial charge in [-0.15, -0.1) is 11.3 Å². The summed E-state index contributed by atoms with van der Waals surface area (Å²) in [6.07, 6.45) is 0. The summed E-state index contributed by atoms with van der Waals surface area (Å²) in [7, 11) is 2.73. The van der Waals surface area contributed by atoms with Crippen molar-refractivity contribution in [3.05, 3.63) is 61.3 Å². The zero-order valence-electron chi connectivity index (χ0n) is 16.0. The first-order valence-electron chi connectivity index (χ1n) is 8.70. The van der Waals surface area contributed by atoms with Gasteiger partial charge < -0.3 is 5.32 Å². The van der Waals surface area contributed by atoms with Crippen LogP contribution in [0.2, 0.25) is 5.28 Å². The highest BCUT2D eigenvalue weighted by Gasteiger charge is 2.20. The summed E-state index contributed by atoms with van der Waals surface area (Å²) < 4.78 is 30.6. The molecular weight excluding hydrogens is 454 g/mol. The minimum absolute atomic E-state index is 0.00795. The van der Waals surface area contributed by atoms with Gasteiger partial charge in [0.2, 0.25) is 11.2 Å². The number of nitrogens with zero attached hydrogens (tertiary/aromatic N) is 5. The van der Waals surface area contributed by atoms with E-state index in [0.29, 0.717) is 0 Å². The van der Waals surface area contributed by atoms with Gasteiger partial charge in [-0.25, -0.2) is 18.6 Å². The molecule has 0 spiro atoms. The third-order valence-corrected chi connectivity index (χ3v) is 5.60. The predicted octanol–water partition coefficient (Wildman–Crippen LogP) is 2.13. The van der Waals surface area contributed by atoms with E-state index < -0.39 is 28.8 Å². The number of carbonyl (C=O) groups is 1. The van der Waals surface area contributed by atoms with Crippen LogP contribution in [0.3, 0.4) is 0 Å². The van der Waals surface area contributed by atoms with Gasteiger partial charge in [-0.3, -0.25) is 23.3 Å².